The van der Waals surface area contributed by atoms with Crippen LogP contribution in [0.15, 0.2) is 24.4 Å². The number of hydrogen-bond donors (Lipinski definition) is 0. The van der Waals surface area contributed by atoms with Gasteiger partial charge in [0.2, 0.25) is 0 Å². The third-order valence-electron chi connectivity index (χ3n) is 2.27. The molecule has 0 amide bonds. The number of hydrogen-bond acceptors (Lipinski definition) is 4. The van der Waals surface area contributed by atoms with Gasteiger partial charge in [0.1, 0.15) is 5.01 Å². The molecule has 2 aromatic rings. The first-order valence-corrected chi connectivity index (χ1v) is 7.13. The Morgan fingerprint density at radius 3 is 2.75 bits per heavy atom. The van der Waals surface area contributed by atoms with Crippen LogP contribution in [-0.2, 0) is 11.5 Å². The van der Waals surface area contributed by atoms with Gasteiger partial charge in [0.05, 0.1) is 11.4 Å². The number of thioether (sulfide) groups is 1. The number of thiazole rings is 1. The molecule has 0 aromatic carbocycles. The monoisotopic (exact) mass is 250 g/mol. The molecule has 4 heteroatoms. The number of pyridine rings is 1. The lowest BCUT2D eigenvalue weighted by atomic mass is 10.4. The molecule has 0 atom stereocenters. The van der Waals surface area contributed by atoms with E-state index in [0.717, 1.165) is 17.2 Å². The number of nitrogens with zero attached hydrogens (tertiary/aromatic N) is 2. The van der Waals surface area contributed by atoms with Gasteiger partial charge >= 0.3 is 0 Å². The van der Waals surface area contributed by atoms with E-state index in [1.165, 1.54) is 15.6 Å². The average Bonchev–Trinajstić information content (AvgIpc) is 2.60. The van der Waals surface area contributed by atoms with E-state index in [1.807, 2.05) is 30.1 Å². The highest BCUT2D eigenvalue weighted by Crippen LogP contribution is 2.22. The Bertz CT molecular complexity index is 432. The minimum atomic E-state index is 0.957. The zero-order chi connectivity index (χ0) is 11.4. The maximum Gasteiger partial charge on any atom is 0.103 e. The predicted octanol–water partition coefficient (Wildman–Crippen LogP) is 3.59. The molecule has 0 N–H and O–H groups in total. The Morgan fingerprint density at radius 1 is 1.25 bits per heavy atom. The fourth-order valence-corrected chi connectivity index (χ4v) is 3.26. The van der Waals surface area contributed by atoms with Crippen molar-refractivity contribution in [1.82, 2.24) is 9.97 Å². The van der Waals surface area contributed by atoms with Gasteiger partial charge in [-0.25, -0.2) is 4.98 Å². The van der Waals surface area contributed by atoms with Crippen molar-refractivity contribution in [3.8, 4) is 0 Å². The maximum absolute atomic E-state index is 4.52. The van der Waals surface area contributed by atoms with Gasteiger partial charge in [-0.05, 0) is 26.0 Å². The molecule has 2 aromatic heterocycles. The van der Waals surface area contributed by atoms with Crippen LogP contribution in [0.1, 0.15) is 21.3 Å². The fraction of sp³-hybridized carbons (Fsp3) is 0.333. The third-order valence-corrected chi connectivity index (χ3v) is 4.51. The van der Waals surface area contributed by atoms with E-state index in [2.05, 4.69) is 29.9 Å². The summed E-state index contributed by atoms with van der Waals surface area (Å²) < 4.78 is 0. The Hall–Kier alpha value is -0.870. The van der Waals surface area contributed by atoms with Crippen LogP contribution in [0.3, 0.4) is 0 Å². The van der Waals surface area contributed by atoms with Crippen LogP contribution in [0, 0.1) is 13.8 Å². The molecule has 0 aliphatic carbocycles. The highest BCUT2D eigenvalue weighted by Gasteiger charge is 2.03. The van der Waals surface area contributed by atoms with Crippen LogP contribution in [0.25, 0.3) is 0 Å². The van der Waals surface area contributed by atoms with E-state index in [-0.39, 0.29) is 0 Å². The lowest BCUT2D eigenvalue weighted by molar-refractivity contribution is 1.15. The molecule has 2 heterocycles. The van der Waals surface area contributed by atoms with Gasteiger partial charge in [0.15, 0.2) is 0 Å². The zero-order valence-electron chi connectivity index (χ0n) is 9.43. The molecule has 16 heavy (non-hydrogen) atoms. The molecule has 0 aliphatic rings. The first kappa shape index (κ1) is 11.6. The van der Waals surface area contributed by atoms with Crippen molar-refractivity contribution < 1.29 is 0 Å². The smallest absolute Gasteiger partial charge is 0.103 e. The highest BCUT2D eigenvalue weighted by atomic mass is 32.2. The van der Waals surface area contributed by atoms with Crippen LogP contribution in [0.2, 0.25) is 0 Å². The summed E-state index contributed by atoms with van der Waals surface area (Å²) in [5.74, 6) is 1.94. The molecule has 0 unspecified atom stereocenters. The minimum Gasteiger partial charge on any atom is -0.260 e. The standard InChI is InChI=1S/C12H14N2S2/c1-9-10(2)16-12(14-9)8-15-7-11-5-3-4-6-13-11/h3-6H,7-8H2,1-2H3. The molecule has 0 saturated heterocycles. The van der Waals surface area contributed by atoms with Gasteiger partial charge in [-0.2, -0.15) is 0 Å². The summed E-state index contributed by atoms with van der Waals surface area (Å²) in [6.45, 7) is 4.19. The van der Waals surface area contributed by atoms with E-state index in [9.17, 15) is 0 Å². The van der Waals surface area contributed by atoms with Crippen molar-refractivity contribution in [3.63, 3.8) is 0 Å². The van der Waals surface area contributed by atoms with Crippen molar-refractivity contribution in [2.45, 2.75) is 25.4 Å². The number of aryl methyl sites for hydroxylation is 2. The van der Waals surface area contributed by atoms with Gasteiger partial charge in [-0.3, -0.25) is 4.98 Å². The molecule has 2 nitrogen and oxygen atoms in total. The van der Waals surface area contributed by atoms with Gasteiger partial charge < -0.3 is 0 Å². The quantitative estimate of drug-likeness (QED) is 0.829. The van der Waals surface area contributed by atoms with Crippen molar-refractivity contribution in [2.24, 2.45) is 0 Å². The number of aromatic nitrogens is 2. The second-order valence-electron chi connectivity index (χ2n) is 3.56. The molecular formula is C12H14N2S2. The van der Waals surface area contributed by atoms with E-state index < -0.39 is 0 Å². The Kier molecular flexibility index (Phi) is 3.96. The molecular weight excluding hydrogens is 236 g/mol. The van der Waals surface area contributed by atoms with Crippen LogP contribution in [0.4, 0.5) is 0 Å². The average molecular weight is 250 g/mol. The van der Waals surface area contributed by atoms with Crippen molar-refractivity contribution in [3.05, 3.63) is 45.7 Å². The van der Waals surface area contributed by atoms with Crippen LogP contribution in [-0.4, -0.2) is 9.97 Å². The van der Waals surface area contributed by atoms with E-state index >= 15 is 0 Å². The van der Waals surface area contributed by atoms with Gasteiger partial charge in [0.25, 0.3) is 0 Å². The summed E-state index contributed by atoms with van der Waals surface area (Å²) in [6, 6.07) is 6.04. The molecule has 0 fully saturated rings. The van der Waals surface area contributed by atoms with E-state index in [1.54, 1.807) is 11.3 Å². The zero-order valence-corrected chi connectivity index (χ0v) is 11.1. The van der Waals surface area contributed by atoms with Crippen LogP contribution >= 0.6 is 23.1 Å². The van der Waals surface area contributed by atoms with E-state index in [4.69, 9.17) is 0 Å². The summed E-state index contributed by atoms with van der Waals surface area (Å²) in [7, 11) is 0. The summed E-state index contributed by atoms with van der Waals surface area (Å²) >= 11 is 3.66. The highest BCUT2D eigenvalue weighted by molar-refractivity contribution is 7.97. The molecule has 0 bridgehead atoms. The molecule has 84 valence electrons. The largest absolute Gasteiger partial charge is 0.260 e. The van der Waals surface area contributed by atoms with Crippen molar-refractivity contribution in [1.29, 1.82) is 0 Å². The molecule has 2 rings (SSSR count). The van der Waals surface area contributed by atoms with Crippen LogP contribution in [0.5, 0.6) is 0 Å². The summed E-state index contributed by atoms with van der Waals surface area (Å²) in [6.07, 6.45) is 1.84. The first-order chi connectivity index (χ1) is 7.75. The molecule has 0 saturated carbocycles. The molecule has 0 radical (unpaired) electrons. The Labute approximate surface area is 104 Å². The SMILES string of the molecule is Cc1nc(CSCc2ccccn2)sc1C. The van der Waals surface area contributed by atoms with Gasteiger partial charge in [-0.1, -0.05) is 6.07 Å². The summed E-state index contributed by atoms with van der Waals surface area (Å²) in [5.41, 5.74) is 2.30. The Morgan fingerprint density at radius 2 is 2.12 bits per heavy atom. The van der Waals surface area contributed by atoms with E-state index in [0.29, 0.717) is 0 Å². The molecule has 0 spiro atoms. The first-order valence-electron chi connectivity index (χ1n) is 5.16. The maximum atomic E-state index is 4.52. The second-order valence-corrected chi connectivity index (χ2v) is 5.84. The lowest BCUT2D eigenvalue weighted by Crippen LogP contribution is -1.86. The van der Waals surface area contributed by atoms with Gasteiger partial charge in [-0.15, -0.1) is 23.1 Å². The van der Waals surface area contributed by atoms with Crippen molar-refractivity contribution >= 4 is 23.1 Å². The molecule has 0 aliphatic heterocycles. The lowest BCUT2D eigenvalue weighted by Gasteiger charge is -1.98. The van der Waals surface area contributed by atoms with Crippen LogP contribution < -0.4 is 0 Å². The van der Waals surface area contributed by atoms with Crippen molar-refractivity contribution in [2.75, 3.05) is 0 Å². The van der Waals surface area contributed by atoms with Gasteiger partial charge in [0, 0.05) is 22.6 Å². The second kappa shape index (κ2) is 5.46. The normalized spacial score (nSPS) is 10.6. The number of rotatable bonds is 4. The minimum absolute atomic E-state index is 0.957. The summed E-state index contributed by atoms with van der Waals surface area (Å²) in [4.78, 5) is 10.1. The summed E-state index contributed by atoms with van der Waals surface area (Å²) in [5, 5.41) is 1.22. The third kappa shape index (κ3) is 3.06. The topological polar surface area (TPSA) is 25.8 Å². The Balaban J connectivity index is 1.84. The fourth-order valence-electron chi connectivity index (χ4n) is 1.33. The predicted molar refractivity (Wildman–Crippen MR) is 70.8 cm³/mol.